The van der Waals surface area contributed by atoms with Gasteiger partial charge in [-0.05, 0) is 38.1 Å². The largest absolute Gasteiger partial charge is 0.502 e. The van der Waals surface area contributed by atoms with E-state index in [9.17, 15) is 9.90 Å². The van der Waals surface area contributed by atoms with Crippen LogP contribution in [0.15, 0.2) is 70.9 Å². The molecule has 0 aliphatic rings. The minimum atomic E-state index is -0.311. The molecule has 4 aromatic rings. The molecule has 0 saturated carbocycles. The molecule has 1 aromatic heterocycles. The van der Waals surface area contributed by atoms with Crippen molar-refractivity contribution in [2.75, 3.05) is 20.0 Å². The van der Waals surface area contributed by atoms with E-state index in [1.165, 1.54) is 32.2 Å². The average Bonchev–Trinajstić information content (AvgIpc) is 3.33. The molecule has 1 amide bonds. The summed E-state index contributed by atoms with van der Waals surface area (Å²) in [5.41, 5.74) is 7.23. The Bertz CT molecular complexity index is 1390. The number of thioether (sulfide) groups is 1. The molecule has 0 radical (unpaired) electrons. The fourth-order valence-corrected chi connectivity index (χ4v) is 4.25. The Morgan fingerprint density at radius 2 is 1.59 bits per heavy atom. The Morgan fingerprint density at radius 1 is 1.00 bits per heavy atom. The number of aromatic nitrogens is 3. The van der Waals surface area contributed by atoms with Crippen molar-refractivity contribution in [3.8, 4) is 34.3 Å². The van der Waals surface area contributed by atoms with Crippen LogP contribution in [0.2, 0.25) is 0 Å². The summed E-state index contributed by atoms with van der Waals surface area (Å²) in [6.45, 7) is 4.06. The summed E-state index contributed by atoms with van der Waals surface area (Å²) < 4.78 is 12.2. The van der Waals surface area contributed by atoms with Crippen LogP contribution in [0.4, 0.5) is 0 Å². The zero-order valence-electron chi connectivity index (χ0n) is 20.9. The molecule has 0 saturated heterocycles. The number of hydrogen-bond acceptors (Lipinski definition) is 8. The van der Waals surface area contributed by atoms with Gasteiger partial charge in [-0.25, -0.2) is 5.43 Å². The lowest BCUT2D eigenvalue weighted by Crippen LogP contribution is -2.20. The van der Waals surface area contributed by atoms with Gasteiger partial charge in [-0.3, -0.25) is 9.36 Å². The van der Waals surface area contributed by atoms with Crippen LogP contribution in [0.1, 0.15) is 16.7 Å². The van der Waals surface area contributed by atoms with Crippen LogP contribution in [-0.2, 0) is 4.79 Å². The topological polar surface area (TPSA) is 111 Å². The Labute approximate surface area is 219 Å². The molecule has 0 fully saturated rings. The van der Waals surface area contributed by atoms with Crippen LogP contribution in [0.3, 0.4) is 0 Å². The van der Waals surface area contributed by atoms with Gasteiger partial charge in [-0.1, -0.05) is 59.3 Å². The van der Waals surface area contributed by atoms with Crippen LogP contribution in [0, 0.1) is 13.8 Å². The zero-order chi connectivity index (χ0) is 26.4. The third-order valence-electron chi connectivity index (χ3n) is 5.47. The van der Waals surface area contributed by atoms with Gasteiger partial charge in [-0.2, -0.15) is 5.10 Å². The number of phenolic OH excluding ortho intramolecular Hbond substituents is 1. The second-order valence-corrected chi connectivity index (χ2v) is 9.14. The molecule has 0 atom stereocenters. The summed E-state index contributed by atoms with van der Waals surface area (Å²) in [5, 5.41) is 23.4. The van der Waals surface area contributed by atoms with E-state index in [2.05, 4.69) is 20.7 Å². The third-order valence-corrected chi connectivity index (χ3v) is 6.40. The average molecular weight is 518 g/mol. The second kappa shape index (κ2) is 11.6. The minimum absolute atomic E-state index is 0.0808. The predicted molar refractivity (Wildman–Crippen MR) is 144 cm³/mol. The molecule has 0 spiro atoms. The summed E-state index contributed by atoms with van der Waals surface area (Å²) in [7, 11) is 2.88. The number of hydrogen-bond donors (Lipinski definition) is 2. The SMILES string of the molecule is COc1cc(C=NNC(=O)CSc2nnc(-c3ccc(C)cc3)n2-c2ccc(C)cc2)cc(OC)c1O. The van der Waals surface area contributed by atoms with Crippen molar-refractivity contribution in [2.45, 2.75) is 19.0 Å². The number of aromatic hydroxyl groups is 1. The van der Waals surface area contributed by atoms with E-state index < -0.39 is 0 Å². The normalized spacial score (nSPS) is 11.0. The first-order valence-corrected chi connectivity index (χ1v) is 12.4. The Kier molecular flexibility index (Phi) is 8.09. The number of nitrogens with zero attached hydrogens (tertiary/aromatic N) is 4. The number of rotatable bonds is 9. The van der Waals surface area contributed by atoms with Gasteiger partial charge in [0.05, 0.1) is 26.2 Å². The number of carbonyl (C=O) groups is 1. The lowest BCUT2D eigenvalue weighted by atomic mass is 10.1. The zero-order valence-corrected chi connectivity index (χ0v) is 21.7. The van der Waals surface area contributed by atoms with E-state index in [1.54, 1.807) is 12.1 Å². The Balaban J connectivity index is 1.49. The summed E-state index contributed by atoms with van der Waals surface area (Å²) >= 11 is 1.26. The number of amides is 1. The van der Waals surface area contributed by atoms with Gasteiger partial charge in [0.25, 0.3) is 5.91 Å². The summed E-state index contributed by atoms with van der Waals surface area (Å²) in [5.74, 6) is 0.835. The molecule has 0 bridgehead atoms. The highest BCUT2D eigenvalue weighted by atomic mass is 32.2. The van der Waals surface area contributed by atoms with Gasteiger partial charge in [0.2, 0.25) is 5.75 Å². The van der Waals surface area contributed by atoms with Gasteiger partial charge >= 0.3 is 0 Å². The van der Waals surface area contributed by atoms with Crippen molar-refractivity contribution in [1.29, 1.82) is 0 Å². The number of phenols is 1. The quantitative estimate of drug-likeness (QED) is 0.191. The van der Waals surface area contributed by atoms with Crippen molar-refractivity contribution in [3.63, 3.8) is 0 Å². The number of hydrazone groups is 1. The van der Waals surface area contributed by atoms with Gasteiger partial charge in [-0.15, -0.1) is 10.2 Å². The maximum Gasteiger partial charge on any atom is 0.250 e. The highest BCUT2D eigenvalue weighted by Crippen LogP contribution is 2.36. The van der Waals surface area contributed by atoms with Crippen molar-refractivity contribution in [2.24, 2.45) is 5.10 Å². The van der Waals surface area contributed by atoms with Gasteiger partial charge < -0.3 is 14.6 Å². The van der Waals surface area contributed by atoms with Crippen molar-refractivity contribution >= 4 is 23.9 Å². The lowest BCUT2D eigenvalue weighted by Gasteiger charge is -2.11. The van der Waals surface area contributed by atoms with E-state index in [-0.39, 0.29) is 28.9 Å². The molecule has 3 aromatic carbocycles. The highest BCUT2D eigenvalue weighted by molar-refractivity contribution is 7.99. The fourth-order valence-electron chi connectivity index (χ4n) is 3.51. The number of carbonyl (C=O) groups excluding carboxylic acids is 1. The molecule has 0 aliphatic heterocycles. The third kappa shape index (κ3) is 6.10. The summed E-state index contributed by atoms with van der Waals surface area (Å²) in [6.07, 6.45) is 1.44. The smallest absolute Gasteiger partial charge is 0.250 e. The lowest BCUT2D eigenvalue weighted by molar-refractivity contribution is -0.118. The first-order valence-electron chi connectivity index (χ1n) is 11.4. The maximum atomic E-state index is 12.5. The second-order valence-electron chi connectivity index (χ2n) is 8.20. The molecule has 10 heteroatoms. The van der Waals surface area contributed by atoms with E-state index in [0.29, 0.717) is 16.5 Å². The van der Waals surface area contributed by atoms with Gasteiger partial charge in [0.15, 0.2) is 22.5 Å². The maximum absolute atomic E-state index is 12.5. The first kappa shape index (κ1) is 25.8. The van der Waals surface area contributed by atoms with Crippen LogP contribution in [0.5, 0.6) is 17.2 Å². The molecule has 2 N–H and O–H groups in total. The number of nitrogens with one attached hydrogen (secondary N) is 1. The van der Waals surface area contributed by atoms with E-state index in [0.717, 1.165) is 22.4 Å². The van der Waals surface area contributed by atoms with Gasteiger partial charge in [0, 0.05) is 16.8 Å². The van der Waals surface area contributed by atoms with Crippen molar-refractivity contribution < 1.29 is 19.4 Å². The molecule has 1 heterocycles. The van der Waals surface area contributed by atoms with Crippen LogP contribution in [-0.4, -0.2) is 52.0 Å². The van der Waals surface area contributed by atoms with E-state index in [1.807, 2.05) is 66.9 Å². The summed E-state index contributed by atoms with van der Waals surface area (Å²) in [4.78, 5) is 12.5. The minimum Gasteiger partial charge on any atom is -0.502 e. The summed E-state index contributed by atoms with van der Waals surface area (Å²) in [6, 6.07) is 19.3. The molecule has 0 unspecified atom stereocenters. The van der Waals surface area contributed by atoms with Crippen LogP contribution < -0.4 is 14.9 Å². The van der Waals surface area contributed by atoms with Crippen LogP contribution in [0.25, 0.3) is 17.1 Å². The van der Waals surface area contributed by atoms with E-state index in [4.69, 9.17) is 9.47 Å². The molecular weight excluding hydrogens is 490 g/mol. The van der Waals surface area contributed by atoms with Gasteiger partial charge in [0.1, 0.15) is 0 Å². The molecule has 4 rings (SSSR count). The molecule has 190 valence electrons. The highest BCUT2D eigenvalue weighted by Gasteiger charge is 2.17. The predicted octanol–water partition coefficient (Wildman–Crippen LogP) is 4.52. The number of benzene rings is 3. The number of methoxy groups -OCH3 is 2. The first-order chi connectivity index (χ1) is 17.9. The molecular formula is C27H27N5O4S. The fraction of sp³-hybridized carbons (Fsp3) is 0.185. The molecule has 9 nitrogen and oxygen atoms in total. The van der Waals surface area contributed by atoms with E-state index >= 15 is 0 Å². The molecule has 0 aliphatic carbocycles. The number of aryl methyl sites for hydroxylation is 2. The van der Waals surface area contributed by atoms with Crippen molar-refractivity contribution in [1.82, 2.24) is 20.2 Å². The molecule has 37 heavy (non-hydrogen) atoms. The Morgan fingerprint density at radius 3 is 2.19 bits per heavy atom. The Hall–Kier alpha value is -4.31. The van der Waals surface area contributed by atoms with Crippen LogP contribution >= 0.6 is 11.8 Å². The monoisotopic (exact) mass is 517 g/mol. The van der Waals surface area contributed by atoms with Crippen molar-refractivity contribution in [3.05, 3.63) is 77.4 Å². The number of ether oxygens (including phenoxy) is 2. The standard InChI is InChI=1S/C27H27N5O4S/c1-17-5-9-20(10-6-17)26-30-31-27(32(26)21-11-7-18(2)8-12-21)37-16-24(33)29-28-15-19-13-22(35-3)25(34)23(14-19)36-4/h5-15,34H,16H2,1-4H3,(H,29,33).